The zero-order chi connectivity index (χ0) is 15.0. The molecule has 7 heteroatoms. The van der Waals surface area contributed by atoms with Crippen molar-refractivity contribution in [1.82, 2.24) is 20.1 Å². The number of fused-ring (bicyclic) bond motifs is 1. The van der Waals surface area contributed by atoms with Crippen LogP contribution in [0.5, 0.6) is 0 Å². The molecule has 1 aromatic heterocycles. The molecule has 1 amide bonds. The first-order chi connectivity index (χ1) is 10.0. The first kappa shape index (κ1) is 14.6. The molecule has 3 rings (SSSR count). The van der Waals surface area contributed by atoms with Gasteiger partial charge in [-0.15, -0.1) is 0 Å². The largest absolute Gasteiger partial charge is 0.348 e. The van der Waals surface area contributed by atoms with E-state index in [0.717, 1.165) is 32.6 Å². The van der Waals surface area contributed by atoms with Crippen molar-refractivity contribution in [3.05, 3.63) is 33.2 Å². The molecule has 2 aliphatic rings. The van der Waals surface area contributed by atoms with E-state index in [2.05, 4.69) is 27.1 Å². The molecule has 0 spiro atoms. The van der Waals surface area contributed by atoms with Crippen LogP contribution in [0.4, 0.5) is 0 Å². The fraction of sp³-hybridized carbons (Fsp3) is 0.571. The van der Waals surface area contributed by atoms with Gasteiger partial charge in [0.05, 0.1) is 5.02 Å². The third kappa shape index (κ3) is 3.12. The van der Waals surface area contributed by atoms with E-state index in [4.69, 9.17) is 11.6 Å². The minimum absolute atomic E-state index is 0.0736. The third-order valence-electron chi connectivity index (χ3n) is 4.27. The molecule has 2 saturated heterocycles. The highest BCUT2D eigenvalue weighted by atomic mass is 35.5. The summed E-state index contributed by atoms with van der Waals surface area (Å²) in [6.45, 7) is 3.98. The number of nitrogens with one attached hydrogen (secondary N) is 2. The Kier molecular flexibility index (Phi) is 4.01. The standard InChI is InChI=1S/C14H19ClN4O2/c1-18-2-3-19-7-10(5-11(19)8-18)17-14(21)12-4-9(15)6-16-13(12)20/h4,6,10-11H,2-3,5,7-8H2,1H3,(H,16,20)(H,17,21)/t10-,11-/m0/s1. The first-order valence-electron chi connectivity index (χ1n) is 7.14. The number of carbonyl (C=O) groups is 1. The lowest BCUT2D eigenvalue weighted by molar-refractivity contribution is 0.0935. The molecular formula is C14H19ClN4O2. The van der Waals surface area contributed by atoms with Crippen molar-refractivity contribution in [2.75, 3.05) is 33.2 Å². The third-order valence-corrected chi connectivity index (χ3v) is 4.49. The zero-order valence-electron chi connectivity index (χ0n) is 11.9. The molecule has 114 valence electrons. The van der Waals surface area contributed by atoms with Crippen molar-refractivity contribution in [1.29, 1.82) is 0 Å². The smallest absolute Gasteiger partial charge is 0.260 e. The fourth-order valence-corrected chi connectivity index (χ4v) is 3.36. The first-order valence-corrected chi connectivity index (χ1v) is 7.52. The van der Waals surface area contributed by atoms with Gasteiger partial charge in [-0.3, -0.25) is 14.5 Å². The molecule has 0 unspecified atom stereocenters. The van der Waals surface area contributed by atoms with E-state index in [0.29, 0.717) is 11.1 Å². The van der Waals surface area contributed by atoms with Gasteiger partial charge in [-0.2, -0.15) is 0 Å². The summed E-state index contributed by atoms with van der Waals surface area (Å²) >= 11 is 5.83. The maximum atomic E-state index is 12.2. The topological polar surface area (TPSA) is 68.4 Å². The number of piperazine rings is 1. The van der Waals surface area contributed by atoms with E-state index >= 15 is 0 Å². The van der Waals surface area contributed by atoms with Crippen LogP contribution in [-0.4, -0.2) is 66.0 Å². The Bertz CT molecular complexity index is 603. The number of aromatic amines is 1. The number of pyridine rings is 1. The highest BCUT2D eigenvalue weighted by Gasteiger charge is 2.35. The lowest BCUT2D eigenvalue weighted by atomic mass is 10.1. The van der Waals surface area contributed by atoms with Crippen molar-refractivity contribution in [2.24, 2.45) is 0 Å². The highest BCUT2D eigenvalue weighted by Crippen LogP contribution is 2.21. The van der Waals surface area contributed by atoms with Gasteiger partial charge in [-0.1, -0.05) is 11.6 Å². The second-order valence-corrected chi connectivity index (χ2v) is 6.31. The average Bonchev–Trinajstić information content (AvgIpc) is 2.82. The lowest BCUT2D eigenvalue weighted by Crippen LogP contribution is -2.48. The second-order valence-electron chi connectivity index (χ2n) is 5.88. The molecule has 3 heterocycles. The SMILES string of the molecule is CN1CCN2C[C@@H](NC(=O)c3cc(Cl)c[nH]c3=O)C[C@H]2C1. The number of nitrogens with zero attached hydrogens (tertiary/aromatic N) is 2. The molecule has 0 radical (unpaired) electrons. The summed E-state index contributed by atoms with van der Waals surface area (Å²) in [5, 5.41) is 3.31. The number of hydrogen-bond donors (Lipinski definition) is 2. The average molecular weight is 311 g/mol. The number of hydrogen-bond acceptors (Lipinski definition) is 4. The van der Waals surface area contributed by atoms with Gasteiger partial charge in [0.2, 0.25) is 0 Å². The molecule has 2 aliphatic heterocycles. The van der Waals surface area contributed by atoms with Crippen LogP contribution in [-0.2, 0) is 0 Å². The van der Waals surface area contributed by atoms with Gasteiger partial charge in [0.25, 0.3) is 11.5 Å². The van der Waals surface area contributed by atoms with Gasteiger partial charge in [-0.05, 0) is 19.5 Å². The van der Waals surface area contributed by atoms with Crippen LogP contribution in [0.25, 0.3) is 0 Å². The fourth-order valence-electron chi connectivity index (χ4n) is 3.19. The van der Waals surface area contributed by atoms with Gasteiger partial charge < -0.3 is 15.2 Å². The summed E-state index contributed by atoms with van der Waals surface area (Å²) < 4.78 is 0. The number of halogens is 1. The Morgan fingerprint density at radius 2 is 2.24 bits per heavy atom. The van der Waals surface area contributed by atoms with E-state index in [1.165, 1.54) is 12.3 Å². The molecule has 0 saturated carbocycles. The number of aromatic nitrogens is 1. The molecule has 6 nitrogen and oxygen atoms in total. The Balaban J connectivity index is 1.66. The molecule has 21 heavy (non-hydrogen) atoms. The van der Waals surface area contributed by atoms with Crippen LogP contribution in [0.15, 0.2) is 17.1 Å². The maximum Gasteiger partial charge on any atom is 0.260 e. The Hall–Kier alpha value is -1.37. The van der Waals surface area contributed by atoms with Crippen LogP contribution in [0.2, 0.25) is 5.02 Å². The van der Waals surface area contributed by atoms with Crippen molar-refractivity contribution >= 4 is 17.5 Å². The quantitative estimate of drug-likeness (QED) is 0.816. The number of carbonyl (C=O) groups excluding carboxylic acids is 1. The van der Waals surface area contributed by atoms with E-state index in [9.17, 15) is 9.59 Å². The van der Waals surface area contributed by atoms with Crippen molar-refractivity contribution in [3.8, 4) is 0 Å². The van der Waals surface area contributed by atoms with Crippen molar-refractivity contribution in [2.45, 2.75) is 18.5 Å². The number of likely N-dealkylation sites (N-methyl/N-ethyl adjacent to an activating group) is 1. The summed E-state index contributed by atoms with van der Waals surface area (Å²) in [6, 6.07) is 1.99. The molecular weight excluding hydrogens is 292 g/mol. The highest BCUT2D eigenvalue weighted by molar-refractivity contribution is 6.30. The van der Waals surface area contributed by atoms with E-state index in [1.807, 2.05) is 0 Å². The Morgan fingerprint density at radius 3 is 3.05 bits per heavy atom. The van der Waals surface area contributed by atoms with E-state index < -0.39 is 5.56 Å². The molecule has 0 bridgehead atoms. The van der Waals surface area contributed by atoms with E-state index in [1.54, 1.807) is 0 Å². The minimum atomic E-state index is -0.410. The van der Waals surface area contributed by atoms with Crippen LogP contribution >= 0.6 is 11.6 Å². The predicted octanol–water partition coefficient (Wildman–Crippen LogP) is 0.146. The Labute approximate surface area is 128 Å². The maximum absolute atomic E-state index is 12.2. The molecule has 0 aromatic carbocycles. The van der Waals surface area contributed by atoms with Gasteiger partial charge >= 0.3 is 0 Å². The predicted molar refractivity (Wildman–Crippen MR) is 80.8 cm³/mol. The Morgan fingerprint density at radius 1 is 1.43 bits per heavy atom. The second kappa shape index (κ2) is 5.79. The summed E-state index contributed by atoms with van der Waals surface area (Å²) in [4.78, 5) is 31.1. The van der Waals surface area contributed by atoms with E-state index in [-0.39, 0.29) is 17.5 Å². The zero-order valence-corrected chi connectivity index (χ0v) is 12.7. The summed E-state index contributed by atoms with van der Waals surface area (Å²) in [5.74, 6) is -0.350. The lowest BCUT2D eigenvalue weighted by Gasteiger charge is -2.34. The molecule has 0 aliphatic carbocycles. The number of H-pyrrole nitrogens is 1. The van der Waals surface area contributed by atoms with Crippen molar-refractivity contribution in [3.63, 3.8) is 0 Å². The molecule has 2 N–H and O–H groups in total. The van der Waals surface area contributed by atoms with Crippen LogP contribution in [0, 0.1) is 0 Å². The molecule has 2 atom stereocenters. The van der Waals surface area contributed by atoms with Gasteiger partial charge in [-0.25, -0.2) is 0 Å². The van der Waals surface area contributed by atoms with Crippen molar-refractivity contribution < 1.29 is 4.79 Å². The minimum Gasteiger partial charge on any atom is -0.348 e. The molecule has 2 fully saturated rings. The monoisotopic (exact) mass is 310 g/mol. The summed E-state index contributed by atoms with van der Waals surface area (Å²) in [6.07, 6.45) is 2.31. The number of rotatable bonds is 2. The van der Waals surface area contributed by atoms with Crippen LogP contribution < -0.4 is 10.9 Å². The normalized spacial score (nSPS) is 26.6. The van der Waals surface area contributed by atoms with Crippen LogP contribution in [0.1, 0.15) is 16.8 Å². The van der Waals surface area contributed by atoms with Gasteiger partial charge in [0, 0.05) is 44.5 Å². The summed E-state index contributed by atoms with van der Waals surface area (Å²) in [7, 11) is 2.12. The van der Waals surface area contributed by atoms with Gasteiger partial charge in [0.15, 0.2) is 0 Å². The van der Waals surface area contributed by atoms with Crippen LogP contribution in [0.3, 0.4) is 0 Å². The molecule has 1 aromatic rings. The summed E-state index contributed by atoms with van der Waals surface area (Å²) in [5.41, 5.74) is -0.336. The van der Waals surface area contributed by atoms with Gasteiger partial charge in [0.1, 0.15) is 5.56 Å². The number of amides is 1.